The van der Waals surface area contributed by atoms with Crippen LogP contribution < -0.4 is 0 Å². The van der Waals surface area contributed by atoms with Crippen LogP contribution in [-0.4, -0.2) is 0 Å². The first kappa shape index (κ1) is 20.7. The predicted molar refractivity (Wildman–Crippen MR) is 101 cm³/mol. The predicted octanol–water partition coefficient (Wildman–Crippen LogP) is 7.64. The molecular formula is C20H38S. The van der Waals surface area contributed by atoms with Crippen molar-refractivity contribution in [3.05, 3.63) is 20.9 Å². The maximum atomic E-state index is 2.32. The Bertz CT molecular complexity index is 316. The van der Waals surface area contributed by atoms with E-state index in [1.165, 1.54) is 64.2 Å². The fraction of sp³-hybridized carbons (Fsp3) is 0.800. The molecule has 0 fully saturated rings. The average Bonchev–Trinajstić information content (AvgIpc) is 2.76. The summed E-state index contributed by atoms with van der Waals surface area (Å²) in [4.78, 5) is 3.17. The summed E-state index contributed by atoms with van der Waals surface area (Å²) in [6, 6.07) is 0. The van der Waals surface area contributed by atoms with Gasteiger partial charge < -0.3 is 0 Å². The summed E-state index contributed by atoms with van der Waals surface area (Å²) in [6.45, 7) is 13.2. The van der Waals surface area contributed by atoms with Crippen LogP contribution in [0.25, 0.3) is 0 Å². The molecule has 0 aliphatic heterocycles. The van der Waals surface area contributed by atoms with Gasteiger partial charge in [-0.3, -0.25) is 0 Å². The minimum absolute atomic E-state index is 1.32. The Balaban J connectivity index is 0.00000191. The molecule has 0 aliphatic carbocycles. The highest BCUT2D eigenvalue weighted by Crippen LogP contribution is 2.30. The van der Waals surface area contributed by atoms with Crippen LogP contribution in [0.1, 0.15) is 99.9 Å². The Morgan fingerprint density at radius 1 is 0.619 bits per heavy atom. The summed E-state index contributed by atoms with van der Waals surface area (Å²) in [5.41, 5.74) is 3.41. The molecule has 1 heterocycles. The lowest BCUT2D eigenvalue weighted by Gasteiger charge is -2.07. The Labute approximate surface area is 138 Å². The minimum atomic E-state index is 1.32. The van der Waals surface area contributed by atoms with Gasteiger partial charge >= 0.3 is 0 Å². The van der Waals surface area contributed by atoms with Gasteiger partial charge in [0.15, 0.2) is 0 Å². The van der Waals surface area contributed by atoms with Crippen molar-refractivity contribution in [3.63, 3.8) is 0 Å². The van der Waals surface area contributed by atoms with Gasteiger partial charge in [-0.05, 0) is 50.7 Å². The van der Waals surface area contributed by atoms with Crippen molar-refractivity contribution in [2.45, 2.75) is 106 Å². The second kappa shape index (κ2) is 13.4. The fourth-order valence-electron chi connectivity index (χ4n) is 2.89. The van der Waals surface area contributed by atoms with Crippen LogP contribution in [-0.2, 0) is 12.8 Å². The molecule has 0 aliphatic rings. The van der Waals surface area contributed by atoms with Crippen molar-refractivity contribution < 1.29 is 0 Å². The van der Waals surface area contributed by atoms with Crippen LogP contribution in [0.4, 0.5) is 0 Å². The average molecular weight is 311 g/mol. The zero-order chi connectivity index (χ0) is 16.1. The van der Waals surface area contributed by atoms with Crippen molar-refractivity contribution in [1.82, 2.24) is 0 Å². The second-order valence-corrected chi connectivity index (χ2v) is 7.22. The Morgan fingerprint density at radius 2 is 1.00 bits per heavy atom. The molecule has 0 spiro atoms. The van der Waals surface area contributed by atoms with Gasteiger partial charge in [-0.1, -0.05) is 66.2 Å². The summed E-state index contributed by atoms with van der Waals surface area (Å²) in [5, 5.41) is 0. The third-order valence-corrected chi connectivity index (χ3v) is 5.19. The summed E-state index contributed by atoms with van der Waals surface area (Å²) in [7, 11) is 0. The van der Waals surface area contributed by atoms with Gasteiger partial charge in [-0.15, -0.1) is 11.3 Å². The maximum absolute atomic E-state index is 2.32. The molecule has 1 aromatic heterocycles. The molecule has 0 radical (unpaired) electrons. The van der Waals surface area contributed by atoms with E-state index in [1.54, 1.807) is 20.9 Å². The molecule has 0 amide bonds. The van der Waals surface area contributed by atoms with E-state index in [-0.39, 0.29) is 0 Å². The van der Waals surface area contributed by atoms with E-state index in [4.69, 9.17) is 0 Å². The van der Waals surface area contributed by atoms with Crippen molar-refractivity contribution in [1.29, 1.82) is 0 Å². The maximum Gasteiger partial charge on any atom is 0.00518 e. The Morgan fingerprint density at radius 3 is 1.33 bits per heavy atom. The van der Waals surface area contributed by atoms with Gasteiger partial charge in [0.2, 0.25) is 0 Å². The lowest BCUT2D eigenvalue weighted by Crippen LogP contribution is -1.95. The van der Waals surface area contributed by atoms with Gasteiger partial charge in [0.25, 0.3) is 0 Å². The molecular weight excluding hydrogens is 272 g/mol. The molecule has 0 aromatic carbocycles. The van der Waals surface area contributed by atoms with Gasteiger partial charge in [0.05, 0.1) is 0 Å². The van der Waals surface area contributed by atoms with Gasteiger partial charge in [0, 0.05) is 9.75 Å². The SMILES string of the molecule is CC.CCCCCCc1c(C)sc(C)c1CCCCCC. The Kier molecular flexibility index (Phi) is 13.2. The van der Waals surface area contributed by atoms with Crippen LogP contribution in [0.2, 0.25) is 0 Å². The summed E-state index contributed by atoms with van der Waals surface area (Å²) in [6.07, 6.45) is 13.7. The van der Waals surface area contributed by atoms with Crippen LogP contribution >= 0.6 is 11.3 Å². The molecule has 0 N–H and O–H groups in total. The first-order valence-corrected chi connectivity index (χ1v) is 10.1. The van der Waals surface area contributed by atoms with E-state index < -0.39 is 0 Å². The highest BCUT2D eigenvalue weighted by atomic mass is 32.1. The zero-order valence-corrected chi connectivity index (χ0v) is 16.3. The lowest BCUT2D eigenvalue weighted by molar-refractivity contribution is 0.650. The van der Waals surface area contributed by atoms with E-state index in [9.17, 15) is 0 Å². The monoisotopic (exact) mass is 310 g/mol. The normalized spacial score (nSPS) is 10.4. The largest absolute Gasteiger partial charge is 0.145 e. The van der Waals surface area contributed by atoms with E-state index in [2.05, 4.69) is 27.7 Å². The molecule has 0 saturated heterocycles. The number of hydrogen-bond donors (Lipinski definition) is 0. The molecule has 0 bridgehead atoms. The molecule has 0 atom stereocenters. The first-order valence-electron chi connectivity index (χ1n) is 9.28. The molecule has 1 rings (SSSR count). The molecule has 0 nitrogen and oxygen atoms in total. The first-order chi connectivity index (χ1) is 10.2. The van der Waals surface area contributed by atoms with Gasteiger partial charge in [-0.2, -0.15) is 0 Å². The van der Waals surface area contributed by atoms with Gasteiger partial charge in [-0.25, -0.2) is 0 Å². The Hall–Kier alpha value is -0.300. The van der Waals surface area contributed by atoms with Crippen molar-refractivity contribution in [2.75, 3.05) is 0 Å². The number of rotatable bonds is 10. The second-order valence-electron chi connectivity index (χ2n) is 5.79. The third-order valence-electron chi connectivity index (χ3n) is 4.08. The number of hydrogen-bond acceptors (Lipinski definition) is 1. The van der Waals surface area contributed by atoms with Gasteiger partial charge in [0.1, 0.15) is 0 Å². The smallest absolute Gasteiger partial charge is 0.00518 e. The topological polar surface area (TPSA) is 0 Å². The fourth-order valence-corrected chi connectivity index (χ4v) is 4.04. The summed E-state index contributed by atoms with van der Waals surface area (Å²) in [5.74, 6) is 0. The van der Waals surface area contributed by atoms with Crippen molar-refractivity contribution in [2.24, 2.45) is 0 Å². The highest BCUT2D eigenvalue weighted by Gasteiger charge is 2.12. The highest BCUT2D eigenvalue weighted by molar-refractivity contribution is 7.12. The van der Waals surface area contributed by atoms with Crippen molar-refractivity contribution in [3.8, 4) is 0 Å². The van der Waals surface area contributed by atoms with Crippen LogP contribution in [0.15, 0.2) is 0 Å². The summed E-state index contributed by atoms with van der Waals surface area (Å²) < 4.78 is 0. The quantitative estimate of drug-likeness (QED) is 0.389. The molecule has 0 unspecified atom stereocenters. The minimum Gasteiger partial charge on any atom is -0.145 e. The molecule has 0 saturated carbocycles. The third kappa shape index (κ3) is 8.04. The molecule has 124 valence electrons. The lowest BCUT2D eigenvalue weighted by atomic mass is 9.97. The molecule has 1 aromatic rings. The molecule has 1 heteroatoms. The summed E-state index contributed by atoms with van der Waals surface area (Å²) >= 11 is 2.02. The van der Waals surface area contributed by atoms with Crippen LogP contribution in [0.3, 0.4) is 0 Å². The number of thiophene rings is 1. The number of unbranched alkanes of at least 4 members (excludes halogenated alkanes) is 6. The van der Waals surface area contributed by atoms with Crippen molar-refractivity contribution >= 4 is 11.3 Å². The van der Waals surface area contributed by atoms with E-state index in [0.29, 0.717) is 0 Å². The van der Waals surface area contributed by atoms with E-state index in [0.717, 1.165) is 0 Å². The van der Waals surface area contributed by atoms with Crippen LogP contribution in [0, 0.1) is 13.8 Å². The van der Waals surface area contributed by atoms with E-state index in [1.807, 2.05) is 25.2 Å². The molecule has 21 heavy (non-hydrogen) atoms. The van der Waals surface area contributed by atoms with Crippen LogP contribution in [0.5, 0.6) is 0 Å². The van der Waals surface area contributed by atoms with E-state index >= 15 is 0 Å². The number of aryl methyl sites for hydroxylation is 2. The zero-order valence-electron chi connectivity index (χ0n) is 15.5. The standard InChI is InChI=1S/C18H32S.C2H6/c1-5-7-9-11-13-17-15(3)19-16(4)18(17)14-12-10-8-6-2;1-2/h5-14H2,1-4H3;1-2H3.